The zero-order valence-corrected chi connectivity index (χ0v) is 16.6. The van der Waals surface area contributed by atoms with Crippen LogP contribution < -0.4 is 4.74 Å². The van der Waals surface area contributed by atoms with Crippen LogP contribution in [0, 0.1) is 0 Å². The average molecular weight is 411 g/mol. The van der Waals surface area contributed by atoms with Crippen LogP contribution in [0.5, 0.6) is 5.75 Å². The molecule has 28 heavy (non-hydrogen) atoms. The molecule has 1 aromatic rings. The summed E-state index contributed by atoms with van der Waals surface area (Å²) in [5.41, 5.74) is 1.10. The van der Waals surface area contributed by atoms with Crippen molar-refractivity contribution >= 4 is 22.2 Å². The van der Waals surface area contributed by atoms with Gasteiger partial charge >= 0.3 is 12.2 Å². The van der Waals surface area contributed by atoms with E-state index in [0.29, 0.717) is 31.9 Å². The van der Waals surface area contributed by atoms with Gasteiger partial charge in [-0.05, 0) is 36.5 Å². The highest BCUT2D eigenvalue weighted by atomic mass is 32.2. The first kappa shape index (κ1) is 20.4. The van der Waals surface area contributed by atoms with Gasteiger partial charge in [0.2, 0.25) is 10.0 Å². The first-order valence-corrected chi connectivity index (χ1v) is 11.1. The highest BCUT2D eigenvalue weighted by molar-refractivity contribution is 7.88. The Morgan fingerprint density at radius 2 is 1.50 bits per heavy atom. The zero-order chi connectivity index (χ0) is 20.3. The molecule has 0 aromatic heterocycles. The third kappa shape index (κ3) is 4.93. The minimum atomic E-state index is -3.14. The predicted octanol–water partition coefficient (Wildman–Crippen LogP) is 1.62. The number of rotatable bonds is 3. The van der Waals surface area contributed by atoms with E-state index in [2.05, 4.69) is 0 Å². The second-order valence-electron chi connectivity index (χ2n) is 7.13. The number of carboxylic acid groups (broad SMARTS) is 1. The number of nitrogens with zero attached hydrogens (tertiary/aromatic N) is 3. The van der Waals surface area contributed by atoms with Crippen LogP contribution in [0.4, 0.5) is 9.59 Å². The molecule has 2 heterocycles. The van der Waals surface area contributed by atoms with Crippen molar-refractivity contribution in [1.82, 2.24) is 14.1 Å². The van der Waals surface area contributed by atoms with Crippen LogP contribution in [0.25, 0.3) is 0 Å². The Morgan fingerprint density at radius 1 is 0.964 bits per heavy atom. The summed E-state index contributed by atoms with van der Waals surface area (Å²) in [5.74, 6) is 0.717. The summed E-state index contributed by atoms with van der Waals surface area (Å²) in [5, 5.41) is 8.94. The van der Waals surface area contributed by atoms with E-state index in [9.17, 15) is 18.0 Å². The fraction of sp³-hybridized carbons (Fsp3) is 0.556. The van der Waals surface area contributed by atoms with Crippen molar-refractivity contribution in [2.45, 2.75) is 18.8 Å². The van der Waals surface area contributed by atoms with Crippen molar-refractivity contribution in [2.75, 3.05) is 45.5 Å². The molecule has 0 atom stereocenters. The lowest BCUT2D eigenvalue weighted by molar-refractivity contribution is 0.0974. The number of benzene rings is 1. The van der Waals surface area contributed by atoms with Crippen LogP contribution in [0.3, 0.4) is 0 Å². The number of carbonyl (C=O) groups excluding carboxylic acids is 1. The number of piperazine rings is 1. The van der Waals surface area contributed by atoms with E-state index >= 15 is 0 Å². The van der Waals surface area contributed by atoms with Crippen LogP contribution in [-0.2, 0) is 10.0 Å². The van der Waals surface area contributed by atoms with E-state index in [-0.39, 0.29) is 19.0 Å². The van der Waals surface area contributed by atoms with Gasteiger partial charge in [-0.1, -0.05) is 12.1 Å². The molecule has 3 rings (SSSR count). The van der Waals surface area contributed by atoms with Crippen LogP contribution >= 0.6 is 0 Å². The van der Waals surface area contributed by atoms with Crippen LogP contribution in [0.15, 0.2) is 24.3 Å². The third-order valence-corrected chi connectivity index (χ3v) is 6.59. The summed E-state index contributed by atoms with van der Waals surface area (Å²) in [4.78, 5) is 25.9. The lowest BCUT2D eigenvalue weighted by Gasteiger charge is -2.32. The molecule has 0 bridgehead atoms. The summed E-state index contributed by atoms with van der Waals surface area (Å²) in [6.45, 7) is 2.19. The third-order valence-electron chi connectivity index (χ3n) is 5.29. The normalized spacial score (nSPS) is 19.5. The standard InChI is InChI=1S/C18H25N3O6S/c1-28(25,26)21-8-6-15(7-9-21)14-2-4-16(5-3-14)27-18(24)20-12-10-19(11-13-20)17(22)23/h2-5,15H,6-13H2,1H3,(H,22,23). The van der Waals surface area contributed by atoms with E-state index in [1.54, 1.807) is 12.1 Å². The largest absolute Gasteiger partial charge is 0.465 e. The Balaban J connectivity index is 1.51. The summed E-state index contributed by atoms with van der Waals surface area (Å²) < 4.78 is 30.1. The average Bonchev–Trinajstić information content (AvgIpc) is 2.68. The maximum absolute atomic E-state index is 12.2. The topological polar surface area (TPSA) is 107 Å². The second-order valence-corrected chi connectivity index (χ2v) is 9.11. The van der Waals surface area contributed by atoms with Gasteiger partial charge in [0.1, 0.15) is 5.75 Å². The molecule has 0 saturated carbocycles. The Hall–Kier alpha value is -2.33. The van der Waals surface area contributed by atoms with Crippen molar-refractivity contribution in [3.63, 3.8) is 0 Å². The molecule has 0 radical (unpaired) electrons. The van der Waals surface area contributed by atoms with Gasteiger partial charge in [0.15, 0.2) is 0 Å². The fourth-order valence-electron chi connectivity index (χ4n) is 3.57. The molecular formula is C18H25N3O6S. The molecule has 154 valence electrons. The summed E-state index contributed by atoms with van der Waals surface area (Å²) >= 11 is 0. The number of piperidine rings is 1. The lowest BCUT2D eigenvalue weighted by atomic mass is 9.90. The maximum Gasteiger partial charge on any atom is 0.415 e. The Morgan fingerprint density at radius 3 is 2.00 bits per heavy atom. The molecule has 0 aliphatic carbocycles. The summed E-state index contributed by atoms with van der Waals surface area (Å²) in [6.07, 6.45) is 1.29. The van der Waals surface area contributed by atoms with Gasteiger partial charge in [-0.2, -0.15) is 0 Å². The van der Waals surface area contributed by atoms with Crippen LogP contribution in [0.2, 0.25) is 0 Å². The predicted molar refractivity (Wildman–Crippen MR) is 102 cm³/mol. The fourth-order valence-corrected chi connectivity index (χ4v) is 4.45. The quantitative estimate of drug-likeness (QED) is 0.810. The summed E-state index contributed by atoms with van der Waals surface area (Å²) in [6, 6.07) is 7.30. The smallest absolute Gasteiger partial charge is 0.415 e. The molecule has 10 heteroatoms. The number of hydrogen-bond acceptors (Lipinski definition) is 5. The number of hydrogen-bond donors (Lipinski definition) is 1. The van der Waals surface area contributed by atoms with Crippen molar-refractivity contribution in [3.05, 3.63) is 29.8 Å². The van der Waals surface area contributed by atoms with Gasteiger partial charge in [-0.25, -0.2) is 22.3 Å². The van der Waals surface area contributed by atoms with Gasteiger partial charge in [-0.3, -0.25) is 0 Å². The van der Waals surface area contributed by atoms with Gasteiger partial charge in [0, 0.05) is 39.3 Å². The van der Waals surface area contributed by atoms with Crippen LogP contribution in [-0.4, -0.2) is 85.3 Å². The molecule has 1 aromatic carbocycles. The van der Waals surface area contributed by atoms with Gasteiger partial charge in [-0.15, -0.1) is 0 Å². The number of ether oxygens (including phenoxy) is 1. The monoisotopic (exact) mass is 411 g/mol. The summed E-state index contributed by atoms with van der Waals surface area (Å²) in [7, 11) is -3.14. The number of sulfonamides is 1. The van der Waals surface area contributed by atoms with Crippen molar-refractivity contribution in [2.24, 2.45) is 0 Å². The number of carbonyl (C=O) groups is 2. The van der Waals surface area contributed by atoms with Crippen LogP contribution in [0.1, 0.15) is 24.3 Å². The van der Waals surface area contributed by atoms with Gasteiger partial charge in [0.05, 0.1) is 6.26 Å². The minimum Gasteiger partial charge on any atom is -0.465 e. The molecule has 2 aliphatic rings. The van der Waals surface area contributed by atoms with Gasteiger partial charge in [0.25, 0.3) is 0 Å². The number of amides is 2. The first-order chi connectivity index (χ1) is 13.2. The zero-order valence-electron chi connectivity index (χ0n) is 15.8. The van der Waals surface area contributed by atoms with Gasteiger partial charge < -0.3 is 19.6 Å². The molecular weight excluding hydrogens is 386 g/mol. The first-order valence-electron chi connectivity index (χ1n) is 9.24. The van der Waals surface area contributed by atoms with E-state index < -0.39 is 22.2 Å². The van der Waals surface area contributed by atoms with E-state index in [1.165, 1.54) is 20.4 Å². The van der Waals surface area contributed by atoms with Crippen molar-refractivity contribution < 1.29 is 27.9 Å². The Bertz CT molecular complexity index is 810. The molecule has 2 amide bonds. The van der Waals surface area contributed by atoms with E-state index in [1.807, 2.05) is 12.1 Å². The molecule has 2 fully saturated rings. The minimum absolute atomic E-state index is 0.273. The molecule has 0 unspecified atom stereocenters. The highest BCUT2D eigenvalue weighted by Gasteiger charge is 2.27. The molecule has 2 aliphatic heterocycles. The maximum atomic E-state index is 12.2. The Kier molecular flexibility index (Phi) is 6.09. The lowest BCUT2D eigenvalue weighted by Crippen LogP contribution is -2.51. The molecule has 0 spiro atoms. The molecule has 2 saturated heterocycles. The van der Waals surface area contributed by atoms with Crippen molar-refractivity contribution in [1.29, 1.82) is 0 Å². The molecule has 1 N–H and O–H groups in total. The van der Waals surface area contributed by atoms with Crippen molar-refractivity contribution in [3.8, 4) is 5.75 Å². The SMILES string of the molecule is CS(=O)(=O)N1CCC(c2ccc(OC(=O)N3CCN(C(=O)O)CC3)cc2)CC1. The molecule has 9 nitrogen and oxygen atoms in total. The highest BCUT2D eigenvalue weighted by Crippen LogP contribution is 2.30. The second kappa shape index (κ2) is 8.36. The Labute approximate surface area is 164 Å². The van der Waals surface area contributed by atoms with E-state index in [4.69, 9.17) is 9.84 Å². The van der Waals surface area contributed by atoms with E-state index in [0.717, 1.165) is 18.4 Å².